The van der Waals surface area contributed by atoms with Gasteiger partial charge in [0.25, 0.3) is 0 Å². The highest BCUT2D eigenvalue weighted by Crippen LogP contribution is 2.30. The number of ether oxygens (including phenoxy) is 2. The van der Waals surface area contributed by atoms with Crippen LogP contribution in [0.2, 0.25) is 0 Å². The van der Waals surface area contributed by atoms with Gasteiger partial charge in [0.1, 0.15) is 6.04 Å². The monoisotopic (exact) mass is 413 g/mol. The molecule has 2 rings (SSSR count). The molecule has 1 atom stereocenters. The molecular formula is C23H31N3O4. The van der Waals surface area contributed by atoms with Crippen molar-refractivity contribution in [3.63, 3.8) is 0 Å². The largest absolute Gasteiger partial charge is 0.490 e. The van der Waals surface area contributed by atoms with E-state index < -0.39 is 6.04 Å². The average molecular weight is 414 g/mol. The Kier molecular flexibility index (Phi) is 8.68. The smallest absolute Gasteiger partial charge is 0.244 e. The molecule has 0 heterocycles. The van der Waals surface area contributed by atoms with E-state index in [9.17, 15) is 9.59 Å². The summed E-state index contributed by atoms with van der Waals surface area (Å²) in [6.45, 7) is 4.86. The normalized spacial score (nSPS) is 11.7. The van der Waals surface area contributed by atoms with Crippen LogP contribution in [-0.4, -0.2) is 62.5 Å². The highest BCUT2D eigenvalue weighted by molar-refractivity contribution is 5.93. The molecule has 162 valence electrons. The van der Waals surface area contributed by atoms with Gasteiger partial charge in [-0.2, -0.15) is 0 Å². The maximum Gasteiger partial charge on any atom is 0.244 e. The molecule has 0 saturated carbocycles. The van der Waals surface area contributed by atoms with Gasteiger partial charge in [0, 0.05) is 25.8 Å². The van der Waals surface area contributed by atoms with Crippen molar-refractivity contribution in [1.29, 1.82) is 0 Å². The van der Waals surface area contributed by atoms with E-state index in [-0.39, 0.29) is 18.4 Å². The molecule has 0 spiro atoms. The summed E-state index contributed by atoms with van der Waals surface area (Å²) in [5.74, 6) is 0.901. The molecule has 0 aromatic heterocycles. The SMILES string of the molecule is CCOc1ccc(NC(=O)CN(C)C(C(=O)N(C)C)c2ccccc2)cc1OCC. The van der Waals surface area contributed by atoms with Crippen LogP contribution >= 0.6 is 0 Å². The number of amides is 2. The number of hydrogen-bond acceptors (Lipinski definition) is 5. The standard InChI is InChI=1S/C23H31N3O4/c1-6-29-19-14-13-18(15-20(19)30-7-2)24-21(27)16-26(5)22(23(28)25(3)4)17-11-9-8-10-12-17/h8-15,22H,6-7,16H2,1-5H3,(H,24,27). The number of rotatable bonds is 10. The number of likely N-dealkylation sites (N-methyl/N-ethyl adjacent to an activating group) is 2. The molecule has 0 bridgehead atoms. The van der Waals surface area contributed by atoms with E-state index in [0.717, 1.165) is 5.56 Å². The maximum atomic E-state index is 12.8. The molecule has 2 aromatic rings. The van der Waals surface area contributed by atoms with Crippen molar-refractivity contribution in [2.45, 2.75) is 19.9 Å². The van der Waals surface area contributed by atoms with Gasteiger partial charge in [0.15, 0.2) is 11.5 Å². The van der Waals surface area contributed by atoms with E-state index in [1.54, 1.807) is 44.2 Å². The summed E-state index contributed by atoms with van der Waals surface area (Å²) in [5, 5.41) is 2.87. The second kappa shape index (κ2) is 11.2. The number of hydrogen-bond donors (Lipinski definition) is 1. The Hall–Kier alpha value is -3.06. The number of anilines is 1. The van der Waals surface area contributed by atoms with Crippen molar-refractivity contribution in [2.24, 2.45) is 0 Å². The van der Waals surface area contributed by atoms with Crippen LogP contribution in [0.25, 0.3) is 0 Å². The third-order valence-corrected chi connectivity index (χ3v) is 4.45. The van der Waals surface area contributed by atoms with Crippen molar-refractivity contribution < 1.29 is 19.1 Å². The molecule has 2 amide bonds. The first-order valence-corrected chi connectivity index (χ1v) is 10.0. The minimum Gasteiger partial charge on any atom is -0.490 e. The molecule has 0 aliphatic heterocycles. The molecule has 0 fully saturated rings. The van der Waals surface area contributed by atoms with Crippen molar-refractivity contribution in [2.75, 3.05) is 46.2 Å². The third kappa shape index (κ3) is 6.22. The maximum absolute atomic E-state index is 12.8. The summed E-state index contributed by atoms with van der Waals surface area (Å²) >= 11 is 0. The van der Waals surface area contributed by atoms with Crippen LogP contribution in [0.3, 0.4) is 0 Å². The van der Waals surface area contributed by atoms with Crippen LogP contribution < -0.4 is 14.8 Å². The fraction of sp³-hybridized carbons (Fsp3) is 0.391. The predicted molar refractivity (Wildman–Crippen MR) is 118 cm³/mol. The molecule has 0 radical (unpaired) electrons. The summed E-state index contributed by atoms with van der Waals surface area (Å²) in [6.07, 6.45) is 0. The topological polar surface area (TPSA) is 71.1 Å². The van der Waals surface area contributed by atoms with Crippen molar-refractivity contribution >= 4 is 17.5 Å². The lowest BCUT2D eigenvalue weighted by atomic mass is 10.0. The van der Waals surface area contributed by atoms with Crippen LogP contribution in [0.4, 0.5) is 5.69 Å². The molecule has 2 aromatic carbocycles. The summed E-state index contributed by atoms with van der Waals surface area (Å²) in [5.41, 5.74) is 1.45. The predicted octanol–water partition coefficient (Wildman–Crippen LogP) is 3.18. The highest BCUT2D eigenvalue weighted by atomic mass is 16.5. The third-order valence-electron chi connectivity index (χ3n) is 4.45. The first-order chi connectivity index (χ1) is 14.4. The Morgan fingerprint density at radius 1 is 0.933 bits per heavy atom. The second-order valence-electron chi connectivity index (χ2n) is 7.04. The quantitative estimate of drug-likeness (QED) is 0.648. The lowest BCUT2D eigenvalue weighted by Gasteiger charge is -2.29. The Morgan fingerprint density at radius 3 is 2.17 bits per heavy atom. The lowest BCUT2D eigenvalue weighted by Crippen LogP contribution is -2.41. The summed E-state index contributed by atoms with van der Waals surface area (Å²) in [4.78, 5) is 28.7. The van der Waals surface area contributed by atoms with E-state index in [2.05, 4.69) is 5.32 Å². The number of carbonyl (C=O) groups is 2. The van der Waals surface area contributed by atoms with E-state index in [1.807, 2.05) is 44.2 Å². The van der Waals surface area contributed by atoms with Crippen molar-refractivity contribution in [3.8, 4) is 11.5 Å². The zero-order valence-electron chi connectivity index (χ0n) is 18.3. The fourth-order valence-corrected chi connectivity index (χ4v) is 3.11. The average Bonchev–Trinajstić information content (AvgIpc) is 2.71. The van der Waals surface area contributed by atoms with Gasteiger partial charge in [-0.05, 0) is 38.6 Å². The van der Waals surface area contributed by atoms with Gasteiger partial charge in [0.05, 0.1) is 19.8 Å². The first-order valence-electron chi connectivity index (χ1n) is 10.0. The molecule has 0 aliphatic rings. The first kappa shape index (κ1) is 23.2. The zero-order valence-corrected chi connectivity index (χ0v) is 18.3. The molecule has 1 unspecified atom stereocenters. The summed E-state index contributed by atoms with van der Waals surface area (Å²) in [6, 6.07) is 14.2. The zero-order chi connectivity index (χ0) is 22.1. The second-order valence-corrected chi connectivity index (χ2v) is 7.04. The Balaban J connectivity index is 2.13. The molecule has 1 N–H and O–H groups in total. The van der Waals surface area contributed by atoms with E-state index >= 15 is 0 Å². The minimum absolute atomic E-state index is 0.0519. The van der Waals surface area contributed by atoms with Gasteiger partial charge in [-0.3, -0.25) is 14.5 Å². The number of carbonyl (C=O) groups excluding carboxylic acids is 2. The van der Waals surface area contributed by atoms with Gasteiger partial charge >= 0.3 is 0 Å². The molecule has 0 saturated heterocycles. The number of nitrogens with zero attached hydrogens (tertiary/aromatic N) is 2. The van der Waals surface area contributed by atoms with Crippen LogP contribution in [-0.2, 0) is 9.59 Å². The minimum atomic E-state index is -0.550. The van der Waals surface area contributed by atoms with Gasteiger partial charge in [-0.15, -0.1) is 0 Å². The van der Waals surface area contributed by atoms with Gasteiger partial charge in [-0.1, -0.05) is 30.3 Å². The molecular weight excluding hydrogens is 382 g/mol. The Bertz CT molecular complexity index is 840. The van der Waals surface area contributed by atoms with Crippen LogP contribution in [0.5, 0.6) is 11.5 Å². The molecule has 0 aliphatic carbocycles. The van der Waals surface area contributed by atoms with Crippen LogP contribution in [0.15, 0.2) is 48.5 Å². The van der Waals surface area contributed by atoms with Gasteiger partial charge in [0.2, 0.25) is 11.8 Å². The van der Waals surface area contributed by atoms with Gasteiger partial charge < -0.3 is 19.7 Å². The fourth-order valence-electron chi connectivity index (χ4n) is 3.11. The van der Waals surface area contributed by atoms with Crippen LogP contribution in [0, 0.1) is 0 Å². The van der Waals surface area contributed by atoms with Crippen molar-refractivity contribution in [3.05, 3.63) is 54.1 Å². The summed E-state index contributed by atoms with van der Waals surface area (Å²) < 4.78 is 11.2. The van der Waals surface area contributed by atoms with Crippen molar-refractivity contribution in [1.82, 2.24) is 9.80 Å². The Morgan fingerprint density at radius 2 is 1.57 bits per heavy atom. The molecule has 7 heteroatoms. The van der Waals surface area contributed by atoms with E-state index in [0.29, 0.717) is 30.4 Å². The van der Waals surface area contributed by atoms with Gasteiger partial charge in [-0.25, -0.2) is 0 Å². The summed E-state index contributed by atoms with van der Waals surface area (Å²) in [7, 11) is 5.19. The molecule has 7 nitrogen and oxygen atoms in total. The lowest BCUT2D eigenvalue weighted by molar-refractivity contribution is -0.134. The Labute approximate surface area is 178 Å². The van der Waals surface area contributed by atoms with E-state index in [1.165, 1.54) is 4.90 Å². The highest BCUT2D eigenvalue weighted by Gasteiger charge is 2.27. The number of benzene rings is 2. The van der Waals surface area contributed by atoms with Crippen LogP contribution in [0.1, 0.15) is 25.5 Å². The molecule has 30 heavy (non-hydrogen) atoms. The number of nitrogens with one attached hydrogen (secondary N) is 1. The van der Waals surface area contributed by atoms with E-state index in [4.69, 9.17) is 9.47 Å².